The lowest BCUT2D eigenvalue weighted by Gasteiger charge is -2.26. The van der Waals surface area contributed by atoms with E-state index in [1.54, 1.807) is 7.11 Å². The molecule has 1 aromatic carbocycles. The topological polar surface area (TPSA) is 38.5 Å². The highest BCUT2D eigenvalue weighted by molar-refractivity contribution is 5.74. The van der Waals surface area contributed by atoms with Crippen molar-refractivity contribution in [1.82, 2.24) is 0 Å². The van der Waals surface area contributed by atoms with Crippen LogP contribution in [0.1, 0.15) is 20.3 Å². The summed E-state index contributed by atoms with van der Waals surface area (Å²) < 4.78 is 5.26. The maximum atomic E-state index is 6.11. The van der Waals surface area contributed by atoms with Crippen LogP contribution in [-0.2, 0) is 0 Å². The summed E-state index contributed by atoms with van der Waals surface area (Å²) >= 11 is 0. The third-order valence-electron chi connectivity index (χ3n) is 3.36. The molecule has 0 aliphatic carbocycles. The van der Waals surface area contributed by atoms with Gasteiger partial charge in [-0.05, 0) is 31.4 Å². The smallest absolute Gasteiger partial charge is 0.143 e. The van der Waals surface area contributed by atoms with Gasteiger partial charge in [-0.1, -0.05) is 13.0 Å². The SMILES string of the molecule is COc1cccc(N2CC(C)CC2C)c1N. The van der Waals surface area contributed by atoms with Crippen LogP contribution in [-0.4, -0.2) is 19.7 Å². The highest BCUT2D eigenvalue weighted by atomic mass is 16.5. The Bertz CT molecular complexity index is 378. The van der Waals surface area contributed by atoms with E-state index in [0.717, 1.165) is 29.6 Å². The molecule has 1 aliphatic heterocycles. The second kappa shape index (κ2) is 4.24. The molecule has 3 heteroatoms. The first kappa shape index (κ1) is 11.1. The van der Waals surface area contributed by atoms with E-state index in [1.807, 2.05) is 12.1 Å². The minimum absolute atomic E-state index is 0.560. The van der Waals surface area contributed by atoms with Gasteiger partial charge in [0.1, 0.15) is 5.75 Å². The molecule has 1 fully saturated rings. The molecule has 0 amide bonds. The van der Waals surface area contributed by atoms with Crippen LogP contribution < -0.4 is 15.4 Å². The first-order chi connectivity index (χ1) is 7.63. The Labute approximate surface area is 97.2 Å². The molecule has 1 aliphatic rings. The molecule has 16 heavy (non-hydrogen) atoms. The van der Waals surface area contributed by atoms with Crippen LogP contribution in [0.15, 0.2) is 18.2 Å². The van der Waals surface area contributed by atoms with Crippen LogP contribution >= 0.6 is 0 Å². The first-order valence-corrected chi connectivity index (χ1v) is 5.82. The minimum Gasteiger partial charge on any atom is -0.495 e. The highest BCUT2D eigenvalue weighted by Crippen LogP contribution is 2.37. The third-order valence-corrected chi connectivity index (χ3v) is 3.36. The average Bonchev–Trinajstić information content (AvgIpc) is 2.58. The molecule has 0 saturated carbocycles. The van der Waals surface area contributed by atoms with Crippen molar-refractivity contribution >= 4 is 11.4 Å². The van der Waals surface area contributed by atoms with Gasteiger partial charge in [0.05, 0.1) is 18.5 Å². The molecule has 2 atom stereocenters. The normalized spacial score (nSPS) is 24.8. The first-order valence-electron chi connectivity index (χ1n) is 5.82. The van der Waals surface area contributed by atoms with Crippen molar-refractivity contribution in [2.45, 2.75) is 26.3 Å². The number of hydrogen-bond acceptors (Lipinski definition) is 3. The molecule has 2 N–H and O–H groups in total. The van der Waals surface area contributed by atoms with Crippen molar-refractivity contribution in [3.05, 3.63) is 18.2 Å². The molecule has 0 aromatic heterocycles. The molecule has 0 spiro atoms. The molecule has 0 bridgehead atoms. The number of hydrogen-bond donors (Lipinski definition) is 1. The van der Waals surface area contributed by atoms with Gasteiger partial charge in [0.15, 0.2) is 0 Å². The Balaban J connectivity index is 2.33. The Morgan fingerprint density at radius 1 is 1.38 bits per heavy atom. The summed E-state index contributed by atoms with van der Waals surface area (Å²) in [7, 11) is 1.66. The number of rotatable bonds is 2. The summed E-state index contributed by atoms with van der Waals surface area (Å²) in [5, 5.41) is 0. The zero-order valence-electron chi connectivity index (χ0n) is 10.2. The van der Waals surface area contributed by atoms with Gasteiger partial charge >= 0.3 is 0 Å². The predicted octanol–water partition coefficient (Wildman–Crippen LogP) is 2.51. The van der Waals surface area contributed by atoms with Crippen molar-refractivity contribution in [3.63, 3.8) is 0 Å². The Hall–Kier alpha value is -1.38. The fourth-order valence-corrected chi connectivity index (χ4v) is 2.60. The summed E-state index contributed by atoms with van der Waals surface area (Å²) in [4.78, 5) is 2.38. The molecule has 3 nitrogen and oxygen atoms in total. The van der Waals surface area contributed by atoms with Gasteiger partial charge in [-0.25, -0.2) is 0 Å². The number of nitrogens with two attached hydrogens (primary N) is 1. The summed E-state index contributed by atoms with van der Waals surface area (Å²) in [6, 6.07) is 6.54. The lowest BCUT2D eigenvalue weighted by Crippen LogP contribution is -2.27. The van der Waals surface area contributed by atoms with Crippen molar-refractivity contribution in [1.29, 1.82) is 0 Å². The van der Waals surface area contributed by atoms with E-state index in [2.05, 4.69) is 24.8 Å². The van der Waals surface area contributed by atoms with Gasteiger partial charge in [-0.2, -0.15) is 0 Å². The van der Waals surface area contributed by atoms with Gasteiger partial charge in [-0.15, -0.1) is 0 Å². The molecule has 1 heterocycles. The quantitative estimate of drug-likeness (QED) is 0.778. The number of nitrogen functional groups attached to an aromatic ring is 1. The highest BCUT2D eigenvalue weighted by Gasteiger charge is 2.27. The second-order valence-corrected chi connectivity index (χ2v) is 4.74. The number of nitrogens with zero attached hydrogens (tertiary/aromatic N) is 1. The summed E-state index contributed by atoms with van der Waals surface area (Å²) in [6.45, 7) is 5.62. The van der Waals surface area contributed by atoms with Gasteiger partial charge in [-0.3, -0.25) is 0 Å². The summed E-state index contributed by atoms with van der Waals surface area (Å²) in [5.74, 6) is 1.50. The van der Waals surface area contributed by atoms with Crippen LogP contribution in [0.2, 0.25) is 0 Å². The number of para-hydroxylation sites is 1. The molecule has 1 aromatic rings. The van der Waals surface area contributed by atoms with E-state index < -0.39 is 0 Å². The minimum atomic E-state index is 0.560. The Morgan fingerprint density at radius 3 is 2.69 bits per heavy atom. The van der Waals surface area contributed by atoms with E-state index >= 15 is 0 Å². The largest absolute Gasteiger partial charge is 0.495 e. The lowest BCUT2D eigenvalue weighted by atomic mass is 10.1. The van der Waals surface area contributed by atoms with Crippen LogP contribution in [0.3, 0.4) is 0 Å². The molecule has 0 radical (unpaired) electrons. The van der Waals surface area contributed by atoms with Gasteiger partial charge in [0.25, 0.3) is 0 Å². The van der Waals surface area contributed by atoms with E-state index in [9.17, 15) is 0 Å². The average molecular weight is 220 g/mol. The number of methoxy groups -OCH3 is 1. The molecule has 2 rings (SSSR count). The standard InChI is InChI=1S/C13H20N2O/c1-9-7-10(2)15(8-9)11-5-4-6-12(16-3)13(11)14/h4-6,9-10H,7-8,14H2,1-3H3. The Morgan fingerprint density at radius 2 is 2.12 bits per heavy atom. The lowest BCUT2D eigenvalue weighted by molar-refractivity contribution is 0.417. The second-order valence-electron chi connectivity index (χ2n) is 4.74. The molecule has 1 saturated heterocycles. The predicted molar refractivity (Wildman–Crippen MR) is 68.0 cm³/mol. The molecular formula is C13H20N2O. The zero-order valence-corrected chi connectivity index (χ0v) is 10.2. The Kier molecular flexibility index (Phi) is 2.95. The molecule has 88 valence electrons. The van der Waals surface area contributed by atoms with Crippen molar-refractivity contribution in [2.75, 3.05) is 24.3 Å². The van der Waals surface area contributed by atoms with E-state index in [-0.39, 0.29) is 0 Å². The van der Waals surface area contributed by atoms with E-state index in [1.165, 1.54) is 6.42 Å². The van der Waals surface area contributed by atoms with E-state index in [0.29, 0.717) is 6.04 Å². The number of anilines is 2. The van der Waals surface area contributed by atoms with E-state index in [4.69, 9.17) is 10.5 Å². The van der Waals surface area contributed by atoms with Crippen LogP contribution in [0.4, 0.5) is 11.4 Å². The monoisotopic (exact) mass is 220 g/mol. The third kappa shape index (κ3) is 1.82. The molecular weight excluding hydrogens is 200 g/mol. The summed E-state index contributed by atoms with van der Waals surface area (Å²) in [5.41, 5.74) is 7.98. The fourth-order valence-electron chi connectivity index (χ4n) is 2.60. The molecule has 2 unspecified atom stereocenters. The van der Waals surface area contributed by atoms with Crippen molar-refractivity contribution < 1.29 is 4.74 Å². The number of ether oxygens (including phenoxy) is 1. The van der Waals surface area contributed by atoms with Crippen LogP contribution in [0, 0.1) is 5.92 Å². The van der Waals surface area contributed by atoms with Crippen molar-refractivity contribution in [2.24, 2.45) is 5.92 Å². The maximum absolute atomic E-state index is 6.11. The fraction of sp³-hybridized carbons (Fsp3) is 0.538. The van der Waals surface area contributed by atoms with Crippen LogP contribution in [0.25, 0.3) is 0 Å². The van der Waals surface area contributed by atoms with Gasteiger partial charge < -0.3 is 15.4 Å². The number of benzene rings is 1. The van der Waals surface area contributed by atoms with Crippen molar-refractivity contribution in [3.8, 4) is 5.75 Å². The van der Waals surface area contributed by atoms with Gasteiger partial charge in [0.2, 0.25) is 0 Å². The summed E-state index contributed by atoms with van der Waals surface area (Å²) in [6.07, 6.45) is 1.23. The van der Waals surface area contributed by atoms with Crippen LogP contribution in [0.5, 0.6) is 5.75 Å². The van der Waals surface area contributed by atoms with Gasteiger partial charge in [0, 0.05) is 12.6 Å². The zero-order chi connectivity index (χ0) is 11.7. The maximum Gasteiger partial charge on any atom is 0.143 e.